The monoisotopic (exact) mass is 485 g/mol. The number of carbonyl (C=O) groups excluding carboxylic acids is 2. The molecule has 7 heteroatoms. The predicted molar refractivity (Wildman–Crippen MR) is 134 cm³/mol. The summed E-state index contributed by atoms with van der Waals surface area (Å²) in [4.78, 5) is 24.8. The third-order valence-corrected chi connectivity index (χ3v) is 7.07. The Kier molecular flexibility index (Phi) is 7.38. The topological polar surface area (TPSA) is 80.8 Å². The molecule has 6 nitrogen and oxygen atoms in total. The van der Waals surface area contributed by atoms with Gasteiger partial charge in [0, 0.05) is 5.56 Å². The van der Waals surface area contributed by atoms with Gasteiger partial charge in [-0.2, -0.15) is 0 Å². The Morgan fingerprint density at radius 2 is 1.26 bits per heavy atom. The van der Waals surface area contributed by atoms with Gasteiger partial charge in [0.05, 0.1) is 22.7 Å². The first-order valence-corrected chi connectivity index (χ1v) is 12.4. The molecule has 4 rings (SSSR count). The molecule has 0 aliphatic carbocycles. The summed E-state index contributed by atoms with van der Waals surface area (Å²) in [6.45, 7) is -0.322. The van der Waals surface area contributed by atoms with Gasteiger partial charge in [0.15, 0.2) is 12.4 Å². The number of anilines is 1. The number of ether oxygens (including phenoxy) is 1. The number of Topliss-reactive ketones (excluding diaryl/α,β-unsaturated/α-hetero) is 1. The van der Waals surface area contributed by atoms with Crippen molar-refractivity contribution < 1.29 is 22.7 Å². The number of benzene rings is 4. The maximum Gasteiger partial charge on any atom is 0.338 e. The Labute approximate surface area is 204 Å². The molecule has 0 atom stereocenters. The number of esters is 1. The summed E-state index contributed by atoms with van der Waals surface area (Å²) in [5.74, 6) is -1.12. The predicted octanol–water partition coefficient (Wildman–Crippen LogP) is 5.12. The zero-order chi connectivity index (χ0) is 24.7. The molecule has 0 saturated heterocycles. The molecule has 0 unspecified atom stereocenters. The van der Waals surface area contributed by atoms with Gasteiger partial charge in [-0.15, -0.1) is 0 Å². The Hall–Kier alpha value is -4.23. The smallest absolute Gasteiger partial charge is 0.338 e. The molecule has 0 saturated carbocycles. The fourth-order valence-electron chi connectivity index (χ4n) is 3.49. The van der Waals surface area contributed by atoms with Crippen LogP contribution < -0.4 is 4.31 Å². The van der Waals surface area contributed by atoms with Crippen LogP contribution in [0, 0.1) is 0 Å². The zero-order valence-corrected chi connectivity index (χ0v) is 19.6. The summed E-state index contributed by atoms with van der Waals surface area (Å²) in [5.41, 5.74) is 1.78. The number of nitrogens with zero attached hydrogens (tertiary/aromatic N) is 1. The van der Waals surface area contributed by atoms with E-state index in [2.05, 4.69) is 0 Å². The molecule has 4 aromatic carbocycles. The molecule has 0 bridgehead atoms. The van der Waals surface area contributed by atoms with Gasteiger partial charge in [0.1, 0.15) is 0 Å². The van der Waals surface area contributed by atoms with Crippen LogP contribution in [0.5, 0.6) is 0 Å². The Morgan fingerprint density at radius 3 is 1.91 bits per heavy atom. The van der Waals surface area contributed by atoms with Gasteiger partial charge in [-0.3, -0.25) is 9.10 Å². The van der Waals surface area contributed by atoms with Crippen molar-refractivity contribution in [2.45, 2.75) is 11.4 Å². The molecular weight excluding hydrogens is 462 g/mol. The highest BCUT2D eigenvalue weighted by Gasteiger charge is 2.26. The van der Waals surface area contributed by atoms with Crippen molar-refractivity contribution in [1.82, 2.24) is 0 Å². The van der Waals surface area contributed by atoms with Gasteiger partial charge >= 0.3 is 5.97 Å². The van der Waals surface area contributed by atoms with Gasteiger partial charge in [-0.05, 0) is 35.9 Å². The zero-order valence-electron chi connectivity index (χ0n) is 18.8. The van der Waals surface area contributed by atoms with Crippen molar-refractivity contribution in [2.24, 2.45) is 0 Å². The van der Waals surface area contributed by atoms with Crippen LogP contribution in [-0.4, -0.2) is 26.8 Å². The van der Waals surface area contributed by atoms with Gasteiger partial charge < -0.3 is 4.74 Å². The van der Waals surface area contributed by atoms with Crippen LogP contribution in [0.15, 0.2) is 120 Å². The van der Waals surface area contributed by atoms with Crippen molar-refractivity contribution in [3.05, 3.63) is 132 Å². The van der Waals surface area contributed by atoms with E-state index in [4.69, 9.17) is 4.74 Å². The minimum Gasteiger partial charge on any atom is -0.454 e. The van der Waals surface area contributed by atoms with E-state index in [1.54, 1.807) is 54.6 Å². The number of para-hydroxylation sites is 1. The third kappa shape index (κ3) is 5.83. The van der Waals surface area contributed by atoms with Crippen LogP contribution in [0.1, 0.15) is 26.3 Å². The number of ketones is 1. The largest absolute Gasteiger partial charge is 0.454 e. The molecule has 0 spiro atoms. The second-order valence-electron chi connectivity index (χ2n) is 7.73. The van der Waals surface area contributed by atoms with Crippen LogP contribution in [0.2, 0.25) is 0 Å². The summed E-state index contributed by atoms with van der Waals surface area (Å²) in [6, 6.07) is 32.2. The number of carbonyl (C=O) groups is 2. The molecule has 176 valence electrons. The number of hydrogen-bond donors (Lipinski definition) is 0. The summed E-state index contributed by atoms with van der Waals surface area (Å²) in [6.07, 6.45) is 0. The van der Waals surface area contributed by atoms with Crippen molar-refractivity contribution in [2.75, 3.05) is 10.9 Å². The van der Waals surface area contributed by atoms with Crippen LogP contribution >= 0.6 is 0 Å². The molecule has 4 aromatic rings. The van der Waals surface area contributed by atoms with Crippen LogP contribution in [0.4, 0.5) is 5.69 Å². The second-order valence-corrected chi connectivity index (χ2v) is 9.59. The van der Waals surface area contributed by atoms with Gasteiger partial charge in [0.25, 0.3) is 10.0 Å². The average Bonchev–Trinajstić information content (AvgIpc) is 2.91. The summed E-state index contributed by atoms with van der Waals surface area (Å²) in [5, 5.41) is 0. The summed E-state index contributed by atoms with van der Waals surface area (Å²) in [7, 11) is -4.02. The minimum atomic E-state index is -4.02. The number of hydrogen-bond acceptors (Lipinski definition) is 5. The standard InChI is InChI=1S/C28H23NO5S/c30-27(23-13-6-2-7-14-23)21-34-28(31)24-15-10-18-26(19-24)35(32,33)29(25-16-8-3-9-17-25)20-22-11-4-1-5-12-22/h1-19H,20-21H2. The first-order chi connectivity index (χ1) is 16.9. The third-order valence-electron chi connectivity index (χ3n) is 5.30. The Balaban J connectivity index is 1.58. The van der Waals surface area contributed by atoms with Crippen molar-refractivity contribution in [3.63, 3.8) is 0 Å². The van der Waals surface area contributed by atoms with E-state index in [1.165, 1.54) is 28.6 Å². The molecule has 35 heavy (non-hydrogen) atoms. The van der Waals surface area contributed by atoms with Crippen molar-refractivity contribution in [3.8, 4) is 0 Å². The maximum atomic E-state index is 13.7. The van der Waals surface area contributed by atoms with Gasteiger partial charge in [-0.25, -0.2) is 13.2 Å². The van der Waals surface area contributed by atoms with Gasteiger partial charge in [0.2, 0.25) is 0 Å². The van der Waals surface area contributed by atoms with Crippen LogP contribution in [-0.2, 0) is 21.3 Å². The Morgan fingerprint density at radius 1 is 0.686 bits per heavy atom. The molecule has 0 amide bonds. The van der Waals surface area contributed by atoms with E-state index in [1.807, 2.05) is 36.4 Å². The minimum absolute atomic E-state index is 0.0414. The lowest BCUT2D eigenvalue weighted by Crippen LogP contribution is -2.30. The van der Waals surface area contributed by atoms with E-state index in [0.29, 0.717) is 11.3 Å². The molecule has 0 aromatic heterocycles. The quantitative estimate of drug-likeness (QED) is 0.243. The van der Waals surface area contributed by atoms with E-state index < -0.39 is 22.6 Å². The lowest BCUT2D eigenvalue weighted by atomic mass is 10.1. The highest BCUT2D eigenvalue weighted by molar-refractivity contribution is 7.92. The molecule has 0 fully saturated rings. The van der Waals surface area contributed by atoms with E-state index in [-0.39, 0.29) is 22.8 Å². The molecule has 0 N–H and O–H groups in total. The normalized spacial score (nSPS) is 11.0. The van der Waals surface area contributed by atoms with Crippen molar-refractivity contribution in [1.29, 1.82) is 0 Å². The lowest BCUT2D eigenvalue weighted by molar-refractivity contribution is 0.0474. The first-order valence-electron chi connectivity index (χ1n) is 10.9. The molecule has 0 aliphatic heterocycles. The lowest BCUT2D eigenvalue weighted by Gasteiger charge is -2.25. The fraction of sp³-hybridized carbons (Fsp3) is 0.0714. The van der Waals surface area contributed by atoms with Crippen LogP contribution in [0.3, 0.4) is 0 Å². The summed E-state index contributed by atoms with van der Waals surface area (Å²) >= 11 is 0. The Bertz CT molecular complexity index is 1410. The summed E-state index contributed by atoms with van der Waals surface area (Å²) < 4.78 is 33.8. The molecular formula is C28H23NO5S. The molecule has 0 heterocycles. The van der Waals surface area contributed by atoms with E-state index in [9.17, 15) is 18.0 Å². The van der Waals surface area contributed by atoms with E-state index in [0.717, 1.165) is 5.56 Å². The van der Waals surface area contributed by atoms with E-state index >= 15 is 0 Å². The second kappa shape index (κ2) is 10.8. The molecule has 0 aliphatic rings. The highest BCUT2D eigenvalue weighted by atomic mass is 32.2. The number of rotatable bonds is 9. The average molecular weight is 486 g/mol. The SMILES string of the molecule is O=C(COC(=O)c1cccc(S(=O)(=O)N(Cc2ccccc2)c2ccccc2)c1)c1ccccc1. The highest BCUT2D eigenvalue weighted by Crippen LogP contribution is 2.26. The van der Waals surface area contributed by atoms with Crippen LogP contribution in [0.25, 0.3) is 0 Å². The fourth-order valence-corrected chi connectivity index (χ4v) is 4.99. The van der Waals surface area contributed by atoms with Gasteiger partial charge in [-0.1, -0.05) is 84.9 Å². The maximum absolute atomic E-state index is 13.7. The first kappa shape index (κ1) is 23.9. The molecule has 0 radical (unpaired) electrons. The number of sulfonamides is 1. The van der Waals surface area contributed by atoms with Crippen molar-refractivity contribution >= 4 is 27.5 Å².